The summed E-state index contributed by atoms with van der Waals surface area (Å²) in [6.45, 7) is 27.4. The zero-order valence-electron chi connectivity index (χ0n) is 24.5. The third kappa shape index (κ3) is 10.1. The Morgan fingerprint density at radius 3 is 1.68 bits per heavy atom. The summed E-state index contributed by atoms with van der Waals surface area (Å²) in [4.78, 5) is 0. The molecule has 1 atom stereocenters. The molecule has 0 spiro atoms. The molecule has 0 aromatic rings. The highest BCUT2D eigenvalue weighted by atomic mass is 33.2. The van der Waals surface area contributed by atoms with Crippen LogP contribution in [0.25, 0.3) is 0 Å². The summed E-state index contributed by atoms with van der Waals surface area (Å²) in [5.74, 6) is 2.73. The summed E-state index contributed by atoms with van der Waals surface area (Å²) in [6.07, 6.45) is 18.3. The first-order chi connectivity index (χ1) is 13.6. The standard InChI is InChI=1S/C28H62S3/c1-16-19-25(4,5)20-17-18-21-31(15,24(2)3)29-23-27(8,9)26(6,7)22-28(10,11)30(12,13)14/h24H,16-23H2,1-15H3. The van der Waals surface area contributed by atoms with Crippen LogP contribution in [-0.2, 0) is 0 Å². The Hall–Kier alpha value is 1.05. The molecule has 0 saturated heterocycles. The van der Waals surface area contributed by atoms with Crippen LogP contribution in [0.15, 0.2) is 0 Å². The second-order valence-electron chi connectivity index (χ2n) is 14.0. The van der Waals surface area contributed by atoms with Gasteiger partial charge in [-0.2, -0.15) is 9.06 Å². The molecule has 0 heterocycles. The Bertz CT molecular complexity index is 523. The number of hydrogen-bond donors (Lipinski definition) is 0. The van der Waals surface area contributed by atoms with Gasteiger partial charge in [0, 0.05) is 5.75 Å². The molecule has 0 aromatic carbocycles. The van der Waals surface area contributed by atoms with Crippen molar-refractivity contribution in [1.29, 1.82) is 0 Å². The van der Waals surface area contributed by atoms with E-state index in [2.05, 4.69) is 112 Å². The van der Waals surface area contributed by atoms with E-state index in [1.54, 1.807) is 0 Å². The minimum absolute atomic E-state index is 0.339. The van der Waals surface area contributed by atoms with Crippen LogP contribution in [0.3, 0.4) is 0 Å². The molecule has 0 radical (unpaired) electrons. The van der Waals surface area contributed by atoms with Gasteiger partial charge < -0.3 is 0 Å². The van der Waals surface area contributed by atoms with E-state index in [0.29, 0.717) is 21.0 Å². The lowest BCUT2D eigenvalue weighted by Gasteiger charge is -2.53. The minimum Gasteiger partial charge on any atom is -0.245 e. The van der Waals surface area contributed by atoms with E-state index in [4.69, 9.17) is 0 Å². The fraction of sp³-hybridized carbons (Fsp3) is 1.00. The molecule has 0 aliphatic rings. The SMILES string of the molecule is CCCC(C)(C)CCCCS(C)(SCC(C)(C)C(C)(C)CC(C)(C)S(C)(C)C)C(C)C. The molecule has 0 aromatic heterocycles. The van der Waals surface area contributed by atoms with Crippen LogP contribution in [0.1, 0.15) is 115 Å². The third-order valence-corrected chi connectivity index (χ3v) is 20.2. The smallest absolute Gasteiger partial charge is 0.00785 e. The molecule has 0 nitrogen and oxygen atoms in total. The molecule has 192 valence electrons. The van der Waals surface area contributed by atoms with Crippen molar-refractivity contribution in [2.45, 2.75) is 125 Å². The predicted molar refractivity (Wildman–Crippen MR) is 160 cm³/mol. The maximum Gasteiger partial charge on any atom is 0.00785 e. The lowest BCUT2D eigenvalue weighted by atomic mass is 9.65. The highest BCUT2D eigenvalue weighted by Gasteiger charge is 2.44. The van der Waals surface area contributed by atoms with Gasteiger partial charge in [-0.1, -0.05) is 89.0 Å². The second kappa shape index (κ2) is 11.7. The first-order valence-corrected chi connectivity index (χ1v) is 19.3. The van der Waals surface area contributed by atoms with Crippen LogP contribution in [0.5, 0.6) is 0 Å². The average Bonchev–Trinajstić information content (AvgIpc) is 2.54. The molecular formula is C28H62S3. The Kier molecular flexibility index (Phi) is 12.0. The lowest BCUT2D eigenvalue weighted by molar-refractivity contribution is 0.113. The van der Waals surface area contributed by atoms with Gasteiger partial charge in [0.25, 0.3) is 0 Å². The van der Waals surface area contributed by atoms with Gasteiger partial charge in [0.15, 0.2) is 0 Å². The zero-order valence-corrected chi connectivity index (χ0v) is 26.9. The summed E-state index contributed by atoms with van der Waals surface area (Å²) < 4.78 is 0.415. The quantitative estimate of drug-likeness (QED) is 0.161. The number of hydrogen-bond acceptors (Lipinski definition) is 1. The van der Waals surface area contributed by atoms with Gasteiger partial charge in [-0.25, -0.2) is 10.0 Å². The summed E-state index contributed by atoms with van der Waals surface area (Å²) in [7, 11) is 1.14. The van der Waals surface area contributed by atoms with Crippen molar-refractivity contribution in [2.75, 3.05) is 36.5 Å². The largest absolute Gasteiger partial charge is 0.245 e. The van der Waals surface area contributed by atoms with Gasteiger partial charge in [0.05, 0.1) is 0 Å². The predicted octanol–water partition coefficient (Wildman–Crippen LogP) is 10.4. The van der Waals surface area contributed by atoms with Gasteiger partial charge in [-0.05, 0) is 82.7 Å². The monoisotopic (exact) mass is 494 g/mol. The van der Waals surface area contributed by atoms with E-state index in [9.17, 15) is 0 Å². The normalized spacial score (nSPS) is 18.2. The van der Waals surface area contributed by atoms with E-state index >= 15 is 0 Å². The third-order valence-electron chi connectivity index (χ3n) is 8.62. The Morgan fingerprint density at radius 1 is 0.742 bits per heavy atom. The fourth-order valence-corrected chi connectivity index (χ4v) is 10.8. The summed E-state index contributed by atoms with van der Waals surface area (Å²) in [5, 5.41) is 0.801. The molecule has 1 unspecified atom stereocenters. The summed E-state index contributed by atoms with van der Waals surface area (Å²) in [5.41, 5.74) is 1.20. The van der Waals surface area contributed by atoms with Crippen molar-refractivity contribution >= 4 is 29.9 Å². The van der Waals surface area contributed by atoms with E-state index in [1.807, 2.05) is 0 Å². The van der Waals surface area contributed by atoms with E-state index < -0.39 is 19.1 Å². The molecule has 0 aliphatic carbocycles. The molecule has 0 amide bonds. The molecule has 3 heteroatoms. The van der Waals surface area contributed by atoms with Crippen LogP contribution >= 0.6 is 29.9 Å². The fourth-order valence-electron chi connectivity index (χ4n) is 4.22. The highest BCUT2D eigenvalue weighted by molar-refractivity contribution is 8.94. The minimum atomic E-state index is -0.629. The van der Waals surface area contributed by atoms with Crippen LogP contribution < -0.4 is 0 Å². The maximum absolute atomic E-state index is 2.63. The molecule has 0 fully saturated rings. The van der Waals surface area contributed by atoms with Gasteiger partial charge in [-0.15, -0.1) is 10.8 Å². The second-order valence-corrected chi connectivity index (χ2v) is 25.8. The average molecular weight is 495 g/mol. The van der Waals surface area contributed by atoms with E-state index in [-0.39, 0.29) is 0 Å². The summed E-state index contributed by atoms with van der Waals surface area (Å²) >= 11 is 0. The van der Waals surface area contributed by atoms with Gasteiger partial charge in [0.1, 0.15) is 0 Å². The van der Waals surface area contributed by atoms with Crippen molar-refractivity contribution < 1.29 is 0 Å². The van der Waals surface area contributed by atoms with Crippen molar-refractivity contribution in [1.82, 2.24) is 0 Å². The number of unbranched alkanes of at least 4 members (excludes halogenated alkanes) is 1. The van der Waals surface area contributed by atoms with Crippen molar-refractivity contribution in [3.05, 3.63) is 0 Å². The molecule has 0 rings (SSSR count). The molecule has 0 aliphatic heterocycles. The van der Waals surface area contributed by atoms with Gasteiger partial charge in [-0.3, -0.25) is 0 Å². The van der Waals surface area contributed by atoms with Crippen LogP contribution in [-0.4, -0.2) is 46.5 Å². The Morgan fingerprint density at radius 2 is 1.26 bits per heavy atom. The molecule has 0 saturated carbocycles. The van der Waals surface area contributed by atoms with E-state index in [0.717, 1.165) is 5.25 Å². The van der Waals surface area contributed by atoms with Gasteiger partial charge in [0.2, 0.25) is 0 Å². The zero-order chi connectivity index (χ0) is 24.9. The highest BCUT2D eigenvalue weighted by Crippen LogP contribution is 2.64. The number of rotatable bonds is 15. The molecular weight excluding hydrogens is 433 g/mol. The molecule has 31 heavy (non-hydrogen) atoms. The maximum atomic E-state index is 2.63. The lowest BCUT2D eigenvalue weighted by Crippen LogP contribution is -2.42. The first kappa shape index (κ1) is 32.0. The Balaban J connectivity index is 5.10. The summed E-state index contributed by atoms with van der Waals surface area (Å²) in [6, 6.07) is 0. The molecule has 0 N–H and O–H groups in total. The molecule has 0 bridgehead atoms. The Labute approximate surface area is 206 Å². The van der Waals surface area contributed by atoms with Crippen molar-refractivity contribution in [3.8, 4) is 0 Å². The van der Waals surface area contributed by atoms with Crippen LogP contribution in [0.2, 0.25) is 0 Å². The van der Waals surface area contributed by atoms with Crippen molar-refractivity contribution in [2.24, 2.45) is 16.2 Å². The first-order valence-electron chi connectivity index (χ1n) is 12.7. The van der Waals surface area contributed by atoms with E-state index in [1.165, 1.54) is 50.0 Å². The van der Waals surface area contributed by atoms with Crippen molar-refractivity contribution in [3.63, 3.8) is 0 Å². The van der Waals surface area contributed by atoms with Crippen LogP contribution in [0.4, 0.5) is 0 Å². The van der Waals surface area contributed by atoms with Crippen LogP contribution in [0, 0.1) is 16.2 Å². The van der Waals surface area contributed by atoms with Gasteiger partial charge >= 0.3 is 0 Å². The topological polar surface area (TPSA) is 0 Å².